The smallest absolute Gasteiger partial charge is 0.279 e. The van der Waals surface area contributed by atoms with Crippen LogP contribution >= 0.6 is 11.3 Å². The van der Waals surface area contributed by atoms with Crippen molar-refractivity contribution in [3.8, 4) is 0 Å². The normalized spacial score (nSPS) is 22.9. The third-order valence-electron chi connectivity index (χ3n) is 5.38. The second-order valence-electron chi connectivity index (χ2n) is 7.32. The lowest BCUT2D eigenvalue weighted by Crippen LogP contribution is -3.14. The van der Waals surface area contributed by atoms with E-state index in [-0.39, 0.29) is 5.91 Å². The molecule has 1 unspecified atom stereocenters. The van der Waals surface area contributed by atoms with Crippen LogP contribution in [0, 0.1) is 19.8 Å². The maximum atomic E-state index is 12.7. The van der Waals surface area contributed by atoms with Gasteiger partial charge < -0.3 is 10.2 Å². The van der Waals surface area contributed by atoms with Crippen LogP contribution in [-0.4, -0.2) is 19.0 Å². The second kappa shape index (κ2) is 6.34. The highest BCUT2D eigenvalue weighted by atomic mass is 32.1. The van der Waals surface area contributed by atoms with Crippen molar-refractivity contribution >= 4 is 22.9 Å². The van der Waals surface area contributed by atoms with Crippen molar-refractivity contribution in [3.05, 3.63) is 51.2 Å². The third-order valence-corrected chi connectivity index (χ3v) is 6.37. The van der Waals surface area contributed by atoms with E-state index in [1.165, 1.54) is 28.9 Å². The van der Waals surface area contributed by atoms with Gasteiger partial charge in [-0.15, -0.1) is 11.3 Å². The molecule has 2 aliphatic rings. The van der Waals surface area contributed by atoms with Crippen LogP contribution in [0.5, 0.6) is 0 Å². The van der Waals surface area contributed by atoms with Gasteiger partial charge in [0.25, 0.3) is 5.91 Å². The Morgan fingerprint density at radius 1 is 1.29 bits per heavy atom. The standard InChI is InChI=1S/C20H24N2OS/c1-13-3-4-14(2)17(11-13)21-19(23)12-22-9-7-18-16(8-10-24-18)20(22)15-5-6-15/h3-4,8,10-11,15,20H,5-7,9,12H2,1-2H3,(H,21,23)/p+1/t20-/m1/s1. The topological polar surface area (TPSA) is 33.5 Å². The average molecular weight is 342 g/mol. The van der Waals surface area contributed by atoms with E-state index in [2.05, 4.69) is 41.9 Å². The van der Waals surface area contributed by atoms with Crippen molar-refractivity contribution < 1.29 is 9.69 Å². The molecule has 126 valence electrons. The molecule has 1 amide bonds. The fourth-order valence-corrected chi connectivity index (χ4v) is 4.90. The van der Waals surface area contributed by atoms with E-state index >= 15 is 0 Å². The number of rotatable bonds is 4. The Labute approximate surface area is 147 Å². The molecule has 0 saturated heterocycles. The molecule has 4 heteroatoms. The molecule has 3 nitrogen and oxygen atoms in total. The lowest BCUT2D eigenvalue weighted by atomic mass is 9.96. The van der Waals surface area contributed by atoms with Gasteiger partial charge in [-0.3, -0.25) is 4.79 Å². The van der Waals surface area contributed by atoms with Crippen molar-refractivity contribution in [2.75, 3.05) is 18.4 Å². The first-order valence-electron chi connectivity index (χ1n) is 8.90. The van der Waals surface area contributed by atoms with Gasteiger partial charge in [0.1, 0.15) is 6.04 Å². The minimum atomic E-state index is 0.142. The van der Waals surface area contributed by atoms with Gasteiger partial charge in [0.05, 0.1) is 6.54 Å². The number of benzene rings is 1. The molecule has 1 aromatic heterocycles. The number of hydrogen-bond donors (Lipinski definition) is 2. The number of thiophene rings is 1. The molecular formula is C20H25N2OS+. The summed E-state index contributed by atoms with van der Waals surface area (Å²) in [5, 5.41) is 5.36. The highest BCUT2D eigenvalue weighted by molar-refractivity contribution is 7.10. The number of carbonyl (C=O) groups is 1. The van der Waals surface area contributed by atoms with Crippen LogP contribution in [0.2, 0.25) is 0 Å². The van der Waals surface area contributed by atoms with Crippen molar-refractivity contribution in [1.82, 2.24) is 0 Å². The molecule has 1 aliphatic heterocycles. The van der Waals surface area contributed by atoms with E-state index in [0.29, 0.717) is 12.6 Å². The maximum Gasteiger partial charge on any atom is 0.279 e. The third kappa shape index (κ3) is 3.13. The number of hydrogen-bond acceptors (Lipinski definition) is 2. The molecule has 1 aromatic carbocycles. The van der Waals surface area contributed by atoms with Crippen molar-refractivity contribution in [3.63, 3.8) is 0 Å². The quantitative estimate of drug-likeness (QED) is 0.881. The van der Waals surface area contributed by atoms with Gasteiger partial charge in [-0.1, -0.05) is 12.1 Å². The van der Waals surface area contributed by atoms with Crippen LogP contribution in [0.4, 0.5) is 5.69 Å². The summed E-state index contributed by atoms with van der Waals surface area (Å²) in [5.74, 6) is 0.921. The fraction of sp³-hybridized carbons (Fsp3) is 0.450. The molecule has 0 radical (unpaired) electrons. The predicted octanol–water partition coefficient (Wildman–Crippen LogP) is 2.90. The molecule has 2 N–H and O–H groups in total. The average Bonchev–Trinajstić information content (AvgIpc) is 3.27. The summed E-state index contributed by atoms with van der Waals surface area (Å²) in [6.45, 7) is 5.76. The zero-order valence-electron chi connectivity index (χ0n) is 14.4. The summed E-state index contributed by atoms with van der Waals surface area (Å²) in [4.78, 5) is 15.7. The van der Waals surface area contributed by atoms with Crippen LogP contribution in [-0.2, 0) is 11.2 Å². The summed E-state index contributed by atoms with van der Waals surface area (Å²) in [7, 11) is 0. The van der Waals surface area contributed by atoms with Crippen LogP contribution < -0.4 is 10.2 Å². The Kier molecular flexibility index (Phi) is 4.19. The molecule has 2 aromatic rings. The van der Waals surface area contributed by atoms with E-state index in [9.17, 15) is 4.79 Å². The number of carbonyl (C=O) groups excluding carboxylic acids is 1. The van der Waals surface area contributed by atoms with Crippen molar-refractivity contribution in [2.45, 2.75) is 39.2 Å². The Morgan fingerprint density at radius 3 is 2.92 bits per heavy atom. The largest absolute Gasteiger partial charge is 0.321 e. The zero-order valence-corrected chi connectivity index (χ0v) is 15.2. The summed E-state index contributed by atoms with van der Waals surface area (Å²) >= 11 is 1.89. The summed E-state index contributed by atoms with van der Waals surface area (Å²) < 4.78 is 0. The Bertz CT molecular complexity index is 763. The molecule has 0 bridgehead atoms. The number of anilines is 1. The number of aryl methyl sites for hydroxylation is 2. The lowest BCUT2D eigenvalue weighted by Gasteiger charge is -2.32. The van der Waals surface area contributed by atoms with E-state index in [1.54, 1.807) is 4.88 Å². The first kappa shape index (κ1) is 15.9. The Balaban J connectivity index is 1.48. The van der Waals surface area contributed by atoms with Crippen LogP contribution in [0.1, 0.15) is 40.5 Å². The summed E-state index contributed by atoms with van der Waals surface area (Å²) in [5.41, 5.74) is 4.78. The van der Waals surface area contributed by atoms with Gasteiger partial charge in [0.15, 0.2) is 6.54 Å². The van der Waals surface area contributed by atoms with Gasteiger partial charge in [-0.05, 0) is 55.3 Å². The molecule has 2 atom stereocenters. The first-order chi connectivity index (χ1) is 11.6. The molecule has 1 saturated carbocycles. The second-order valence-corrected chi connectivity index (χ2v) is 8.32. The number of amides is 1. The molecule has 4 rings (SSSR count). The first-order valence-corrected chi connectivity index (χ1v) is 9.78. The summed E-state index contributed by atoms with van der Waals surface area (Å²) in [6, 6.07) is 9.05. The highest BCUT2D eigenvalue weighted by Crippen LogP contribution is 2.42. The predicted molar refractivity (Wildman–Crippen MR) is 98.7 cm³/mol. The van der Waals surface area contributed by atoms with Gasteiger partial charge in [-0.2, -0.15) is 0 Å². The molecule has 2 heterocycles. The lowest BCUT2D eigenvalue weighted by molar-refractivity contribution is -0.928. The molecular weight excluding hydrogens is 316 g/mol. The van der Waals surface area contributed by atoms with Crippen LogP contribution in [0.25, 0.3) is 0 Å². The minimum Gasteiger partial charge on any atom is -0.321 e. The number of fused-ring (bicyclic) bond motifs is 1. The number of quaternary nitrogens is 1. The van der Waals surface area contributed by atoms with Gasteiger partial charge in [-0.25, -0.2) is 0 Å². The minimum absolute atomic E-state index is 0.142. The van der Waals surface area contributed by atoms with Crippen molar-refractivity contribution in [1.29, 1.82) is 0 Å². The molecule has 24 heavy (non-hydrogen) atoms. The summed E-state index contributed by atoms with van der Waals surface area (Å²) in [6.07, 6.45) is 3.76. The monoisotopic (exact) mass is 341 g/mol. The molecule has 1 aliphatic carbocycles. The van der Waals surface area contributed by atoms with Crippen LogP contribution in [0.15, 0.2) is 29.6 Å². The zero-order chi connectivity index (χ0) is 16.7. The van der Waals surface area contributed by atoms with E-state index in [1.807, 2.05) is 18.3 Å². The van der Waals surface area contributed by atoms with E-state index in [4.69, 9.17) is 0 Å². The van der Waals surface area contributed by atoms with E-state index < -0.39 is 0 Å². The van der Waals surface area contributed by atoms with Crippen LogP contribution in [0.3, 0.4) is 0 Å². The molecule has 1 fully saturated rings. The fourth-order valence-electron chi connectivity index (χ4n) is 3.97. The SMILES string of the molecule is Cc1ccc(C)c(NC(=O)C[NH+]2CCc3sccc3[C@H]2C2CC2)c1. The molecule has 0 spiro atoms. The van der Waals surface area contributed by atoms with Gasteiger partial charge in [0, 0.05) is 28.5 Å². The Morgan fingerprint density at radius 2 is 2.12 bits per heavy atom. The van der Waals surface area contributed by atoms with Crippen molar-refractivity contribution in [2.24, 2.45) is 5.92 Å². The maximum absolute atomic E-state index is 12.7. The Hall–Kier alpha value is -1.65. The van der Waals surface area contributed by atoms with Gasteiger partial charge in [0.2, 0.25) is 0 Å². The van der Waals surface area contributed by atoms with E-state index in [0.717, 1.165) is 30.1 Å². The van der Waals surface area contributed by atoms with Gasteiger partial charge >= 0.3 is 0 Å². The highest BCUT2D eigenvalue weighted by Gasteiger charge is 2.43. The number of nitrogens with one attached hydrogen (secondary N) is 2.